The van der Waals surface area contributed by atoms with Crippen molar-refractivity contribution in [1.29, 1.82) is 0 Å². The van der Waals surface area contributed by atoms with Crippen molar-refractivity contribution in [2.75, 3.05) is 19.6 Å². The smallest absolute Gasteiger partial charge is 0.162 e. The zero-order valence-electron chi connectivity index (χ0n) is 15.3. The van der Waals surface area contributed by atoms with E-state index in [-0.39, 0.29) is 11.6 Å². The number of likely N-dealkylation sites (tertiary alicyclic amines) is 1. The van der Waals surface area contributed by atoms with E-state index in [0.29, 0.717) is 29.8 Å². The molecule has 1 N–H and O–H groups in total. The standard InChI is InChI=1S/C22H25ClFNO2/c23-19-8-6-18(7-9-19)22(27)12-15-25(16-13-22)14-2-1-3-21(26)17-4-10-20(24)11-5-17/h4-11,27H,1-3,12-16H2. The number of benzene rings is 2. The van der Waals surface area contributed by atoms with Crippen LogP contribution in [0.5, 0.6) is 0 Å². The molecule has 0 radical (unpaired) electrons. The zero-order chi connectivity index (χ0) is 19.3. The van der Waals surface area contributed by atoms with Crippen LogP contribution >= 0.6 is 11.6 Å². The van der Waals surface area contributed by atoms with Gasteiger partial charge in [-0.05, 0) is 74.2 Å². The minimum Gasteiger partial charge on any atom is -0.385 e. The molecule has 0 unspecified atom stereocenters. The number of piperidine rings is 1. The molecule has 1 saturated heterocycles. The van der Waals surface area contributed by atoms with Crippen molar-refractivity contribution >= 4 is 17.4 Å². The van der Waals surface area contributed by atoms with Gasteiger partial charge in [-0.3, -0.25) is 4.79 Å². The van der Waals surface area contributed by atoms with E-state index in [2.05, 4.69) is 4.90 Å². The second-order valence-electron chi connectivity index (χ2n) is 7.27. The largest absolute Gasteiger partial charge is 0.385 e. The number of ketones is 1. The van der Waals surface area contributed by atoms with Gasteiger partial charge in [0.25, 0.3) is 0 Å². The number of nitrogens with zero attached hydrogens (tertiary/aromatic N) is 1. The minimum atomic E-state index is -0.778. The Hall–Kier alpha value is -1.75. The average molecular weight is 390 g/mol. The first kappa shape index (κ1) is 20.0. The summed E-state index contributed by atoms with van der Waals surface area (Å²) in [6.07, 6.45) is 3.63. The normalized spacial score (nSPS) is 17.0. The van der Waals surface area contributed by atoms with Gasteiger partial charge >= 0.3 is 0 Å². The highest BCUT2D eigenvalue weighted by Crippen LogP contribution is 2.33. The fourth-order valence-corrected chi connectivity index (χ4v) is 3.72. The van der Waals surface area contributed by atoms with Gasteiger partial charge in [-0.2, -0.15) is 0 Å². The first-order valence-electron chi connectivity index (χ1n) is 9.46. The Balaban J connectivity index is 1.39. The first-order valence-corrected chi connectivity index (χ1v) is 9.84. The molecule has 5 heteroatoms. The molecule has 1 aliphatic rings. The van der Waals surface area contributed by atoms with Crippen LogP contribution in [-0.2, 0) is 5.60 Å². The highest BCUT2D eigenvalue weighted by Gasteiger charge is 2.33. The zero-order valence-corrected chi connectivity index (χ0v) is 16.1. The number of aliphatic hydroxyl groups is 1. The number of Topliss-reactive ketones (excluding diaryl/α,β-unsaturated/α-hetero) is 1. The first-order chi connectivity index (χ1) is 13.0. The van der Waals surface area contributed by atoms with Gasteiger partial charge in [-0.15, -0.1) is 0 Å². The summed E-state index contributed by atoms with van der Waals surface area (Å²) < 4.78 is 12.9. The molecular formula is C22H25ClFNO2. The van der Waals surface area contributed by atoms with Crippen LogP contribution in [0, 0.1) is 5.82 Å². The summed E-state index contributed by atoms with van der Waals surface area (Å²) in [6, 6.07) is 13.2. The van der Waals surface area contributed by atoms with Crippen molar-refractivity contribution in [3.05, 3.63) is 70.5 Å². The lowest BCUT2D eigenvalue weighted by molar-refractivity contribution is -0.0260. The maximum atomic E-state index is 12.9. The maximum absolute atomic E-state index is 12.9. The molecule has 0 amide bonds. The molecule has 27 heavy (non-hydrogen) atoms. The summed E-state index contributed by atoms with van der Waals surface area (Å²) in [7, 11) is 0. The number of rotatable bonds is 7. The van der Waals surface area contributed by atoms with E-state index in [1.165, 1.54) is 12.1 Å². The van der Waals surface area contributed by atoms with Crippen molar-refractivity contribution in [3.63, 3.8) is 0 Å². The predicted octanol–water partition coefficient (Wildman–Crippen LogP) is 4.82. The number of carbonyl (C=O) groups excluding carboxylic acids is 1. The lowest BCUT2D eigenvalue weighted by Crippen LogP contribution is -2.42. The summed E-state index contributed by atoms with van der Waals surface area (Å²) in [5.41, 5.74) is 0.721. The van der Waals surface area contributed by atoms with Gasteiger partial charge in [0.1, 0.15) is 5.82 Å². The second-order valence-corrected chi connectivity index (χ2v) is 7.70. The van der Waals surface area contributed by atoms with Crippen molar-refractivity contribution < 1.29 is 14.3 Å². The third kappa shape index (κ3) is 5.38. The molecule has 0 atom stereocenters. The van der Waals surface area contributed by atoms with Crippen LogP contribution in [0.4, 0.5) is 4.39 Å². The number of halogens is 2. The van der Waals surface area contributed by atoms with Gasteiger partial charge in [-0.25, -0.2) is 4.39 Å². The van der Waals surface area contributed by atoms with Gasteiger partial charge in [0.2, 0.25) is 0 Å². The van der Waals surface area contributed by atoms with E-state index in [4.69, 9.17) is 11.6 Å². The van der Waals surface area contributed by atoms with E-state index in [9.17, 15) is 14.3 Å². The predicted molar refractivity (Wildman–Crippen MR) is 106 cm³/mol. The number of hydrogen-bond acceptors (Lipinski definition) is 3. The summed E-state index contributed by atoms with van der Waals surface area (Å²) >= 11 is 5.93. The molecule has 0 bridgehead atoms. The van der Waals surface area contributed by atoms with E-state index >= 15 is 0 Å². The van der Waals surface area contributed by atoms with Crippen LogP contribution in [0.25, 0.3) is 0 Å². The quantitative estimate of drug-likeness (QED) is 0.545. The number of carbonyl (C=O) groups is 1. The highest BCUT2D eigenvalue weighted by molar-refractivity contribution is 6.30. The van der Waals surface area contributed by atoms with Gasteiger partial charge in [0, 0.05) is 30.1 Å². The van der Waals surface area contributed by atoms with E-state index in [1.54, 1.807) is 12.1 Å². The van der Waals surface area contributed by atoms with Gasteiger partial charge < -0.3 is 10.0 Å². The Labute approximate surface area is 164 Å². The Kier molecular flexibility index (Phi) is 6.64. The van der Waals surface area contributed by atoms with Crippen LogP contribution in [0.1, 0.15) is 48.0 Å². The molecule has 0 saturated carbocycles. The number of hydrogen-bond donors (Lipinski definition) is 1. The SMILES string of the molecule is O=C(CCCCN1CCC(O)(c2ccc(Cl)cc2)CC1)c1ccc(F)cc1. The van der Waals surface area contributed by atoms with Crippen LogP contribution < -0.4 is 0 Å². The third-order valence-electron chi connectivity index (χ3n) is 5.36. The topological polar surface area (TPSA) is 40.5 Å². The molecule has 1 heterocycles. The molecule has 1 aliphatic heterocycles. The van der Waals surface area contributed by atoms with Crippen molar-refractivity contribution in [2.24, 2.45) is 0 Å². The molecule has 1 fully saturated rings. The third-order valence-corrected chi connectivity index (χ3v) is 5.61. The van der Waals surface area contributed by atoms with Crippen molar-refractivity contribution in [2.45, 2.75) is 37.7 Å². The van der Waals surface area contributed by atoms with E-state index in [0.717, 1.165) is 38.0 Å². The molecule has 0 spiro atoms. The summed E-state index contributed by atoms with van der Waals surface area (Å²) in [4.78, 5) is 14.4. The van der Waals surface area contributed by atoms with Crippen LogP contribution in [0.2, 0.25) is 5.02 Å². The Morgan fingerprint density at radius 1 is 1.04 bits per heavy atom. The molecule has 2 aromatic rings. The van der Waals surface area contributed by atoms with Crippen molar-refractivity contribution in [3.8, 4) is 0 Å². The molecule has 2 aromatic carbocycles. The molecular weight excluding hydrogens is 365 g/mol. The summed E-state index contributed by atoms with van der Waals surface area (Å²) in [5.74, 6) is -0.263. The van der Waals surface area contributed by atoms with Crippen LogP contribution in [-0.4, -0.2) is 35.4 Å². The maximum Gasteiger partial charge on any atom is 0.162 e. The molecule has 144 valence electrons. The molecule has 3 nitrogen and oxygen atoms in total. The van der Waals surface area contributed by atoms with E-state index < -0.39 is 5.60 Å². The summed E-state index contributed by atoms with van der Waals surface area (Å²) in [6.45, 7) is 2.60. The molecule has 0 aliphatic carbocycles. The van der Waals surface area contributed by atoms with Gasteiger partial charge in [0.15, 0.2) is 5.78 Å². The monoisotopic (exact) mass is 389 g/mol. The lowest BCUT2D eigenvalue weighted by Gasteiger charge is -2.38. The minimum absolute atomic E-state index is 0.0609. The number of unbranched alkanes of at least 4 members (excludes halogenated alkanes) is 1. The Morgan fingerprint density at radius 2 is 1.67 bits per heavy atom. The van der Waals surface area contributed by atoms with Gasteiger partial charge in [0.05, 0.1) is 5.60 Å². The van der Waals surface area contributed by atoms with E-state index in [1.807, 2.05) is 24.3 Å². The van der Waals surface area contributed by atoms with Crippen LogP contribution in [0.3, 0.4) is 0 Å². The fourth-order valence-electron chi connectivity index (χ4n) is 3.60. The highest BCUT2D eigenvalue weighted by atomic mass is 35.5. The van der Waals surface area contributed by atoms with Crippen LogP contribution in [0.15, 0.2) is 48.5 Å². The average Bonchev–Trinajstić information content (AvgIpc) is 2.67. The second kappa shape index (κ2) is 8.96. The van der Waals surface area contributed by atoms with Gasteiger partial charge in [-0.1, -0.05) is 23.7 Å². The lowest BCUT2D eigenvalue weighted by atomic mass is 9.84. The fraction of sp³-hybridized carbons (Fsp3) is 0.409. The summed E-state index contributed by atoms with van der Waals surface area (Å²) in [5, 5.41) is 11.6. The molecule has 0 aromatic heterocycles. The Bertz CT molecular complexity index is 753. The van der Waals surface area contributed by atoms with Crippen molar-refractivity contribution in [1.82, 2.24) is 4.90 Å². The Morgan fingerprint density at radius 3 is 2.30 bits per heavy atom. The molecule has 3 rings (SSSR count).